The number of amides is 1. The van der Waals surface area contributed by atoms with Crippen molar-refractivity contribution in [3.8, 4) is 11.5 Å². The van der Waals surface area contributed by atoms with E-state index in [1.807, 2.05) is 53.4 Å². The van der Waals surface area contributed by atoms with Gasteiger partial charge in [-0.15, -0.1) is 0 Å². The second-order valence-corrected chi connectivity index (χ2v) is 9.87. The van der Waals surface area contributed by atoms with Gasteiger partial charge in [-0.25, -0.2) is 8.42 Å². The molecule has 1 amide bonds. The second kappa shape index (κ2) is 8.28. The molecule has 0 saturated carbocycles. The molecule has 0 aromatic heterocycles. The van der Waals surface area contributed by atoms with E-state index in [4.69, 9.17) is 9.47 Å². The number of hydrogen-bond donors (Lipinski definition) is 0. The van der Waals surface area contributed by atoms with Crippen LogP contribution in [0.25, 0.3) is 0 Å². The topological polar surface area (TPSA) is 76.2 Å². The van der Waals surface area contributed by atoms with Crippen LogP contribution in [-0.2, 0) is 21.1 Å². The lowest BCUT2D eigenvalue weighted by Crippen LogP contribution is -2.62. The zero-order chi connectivity index (χ0) is 21.3. The molecular formula is C22H26N2O5S. The number of para-hydroxylation sites is 1. The highest BCUT2D eigenvalue weighted by Crippen LogP contribution is 2.32. The van der Waals surface area contributed by atoms with Crippen LogP contribution in [0.4, 0.5) is 5.69 Å². The number of benzene rings is 2. The number of nitrogens with zero attached hydrogens (tertiary/aromatic N) is 2. The van der Waals surface area contributed by atoms with Crippen LogP contribution in [-0.4, -0.2) is 70.1 Å². The van der Waals surface area contributed by atoms with Crippen LogP contribution in [0.5, 0.6) is 11.5 Å². The smallest absolute Gasteiger partial charge is 0.241 e. The highest BCUT2D eigenvalue weighted by atomic mass is 32.2. The maximum absolute atomic E-state index is 13.0. The van der Waals surface area contributed by atoms with Gasteiger partial charge < -0.3 is 14.4 Å². The Hall–Kier alpha value is -2.58. The first-order valence-corrected chi connectivity index (χ1v) is 11.8. The standard InChI is InChI=1S/C22H26N2O5S/c1-28-20-9-8-16(12-21(20)29-2)10-11-23-13-22(25)24(17-6-4-3-5-7-17)19-15-30(26,27)14-18(19)23/h3-9,12,18-19H,10-11,13-15H2,1-2H3/t18-,19+/m0/s1. The Kier molecular flexibility index (Phi) is 5.71. The zero-order valence-corrected chi connectivity index (χ0v) is 18.0. The van der Waals surface area contributed by atoms with Crippen molar-refractivity contribution in [2.24, 2.45) is 0 Å². The molecule has 8 heteroatoms. The number of carbonyl (C=O) groups excluding carboxylic acids is 1. The van der Waals surface area contributed by atoms with E-state index in [0.29, 0.717) is 24.5 Å². The molecule has 2 heterocycles. The largest absolute Gasteiger partial charge is 0.493 e. The number of ether oxygens (including phenoxy) is 2. The third-order valence-corrected chi connectivity index (χ3v) is 7.57. The summed E-state index contributed by atoms with van der Waals surface area (Å²) in [7, 11) is -0.0132. The van der Waals surface area contributed by atoms with Gasteiger partial charge in [0.05, 0.1) is 38.3 Å². The summed E-state index contributed by atoms with van der Waals surface area (Å²) in [6, 6.07) is 14.5. The fraction of sp³-hybridized carbons (Fsp3) is 0.409. The number of hydrogen-bond acceptors (Lipinski definition) is 6. The van der Waals surface area contributed by atoms with E-state index in [1.165, 1.54) is 0 Å². The Labute approximate surface area is 177 Å². The van der Waals surface area contributed by atoms with Crippen molar-refractivity contribution in [3.05, 3.63) is 54.1 Å². The third kappa shape index (κ3) is 4.02. The summed E-state index contributed by atoms with van der Waals surface area (Å²) < 4.78 is 35.6. The molecular weight excluding hydrogens is 404 g/mol. The van der Waals surface area contributed by atoms with Gasteiger partial charge in [0, 0.05) is 18.3 Å². The molecule has 2 aromatic rings. The molecule has 2 atom stereocenters. The Morgan fingerprint density at radius 3 is 2.37 bits per heavy atom. The molecule has 2 aliphatic rings. The molecule has 2 aliphatic heterocycles. The number of rotatable bonds is 6. The number of sulfone groups is 1. The van der Waals surface area contributed by atoms with Gasteiger partial charge in [0.15, 0.2) is 21.3 Å². The third-order valence-electron chi connectivity index (χ3n) is 5.87. The van der Waals surface area contributed by atoms with Crippen LogP contribution in [0.15, 0.2) is 48.5 Å². The van der Waals surface area contributed by atoms with Crippen LogP contribution in [0.2, 0.25) is 0 Å². The van der Waals surface area contributed by atoms with Gasteiger partial charge >= 0.3 is 0 Å². The molecule has 0 N–H and O–H groups in total. The molecule has 160 valence electrons. The van der Waals surface area contributed by atoms with Crippen LogP contribution >= 0.6 is 0 Å². The first-order valence-electron chi connectivity index (χ1n) is 9.94. The number of fused-ring (bicyclic) bond motifs is 1. The molecule has 0 bridgehead atoms. The van der Waals surface area contributed by atoms with Gasteiger partial charge in [-0.05, 0) is 36.2 Å². The Morgan fingerprint density at radius 1 is 0.967 bits per heavy atom. The lowest BCUT2D eigenvalue weighted by molar-refractivity contribution is -0.123. The number of methoxy groups -OCH3 is 2. The highest BCUT2D eigenvalue weighted by Gasteiger charge is 2.49. The molecule has 0 unspecified atom stereocenters. The summed E-state index contributed by atoms with van der Waals surface area (Å²) in [6.45, 7) is 0.805. The van der Waals surface area contributed by atoms with Crippen molar-refractivity contribution in [1.82, 2.24) is 4.90 Å². The molecule has 7 nitrogen and oxygen atoms in total. The minimum Gasteiger partial charge on any atom is -0.493 e. The van der Waals surface area contributed by atoms with Crippen LogP contribution < -0.4 is 14.4 Å². The zero-order valence-electron chi connectivity index (χ0n) is 17.2. The van der Waals surface area contributed by atoms with Gasteiger partial charge in [0.1, 0.15) is 0 Å². The van der Waals surface area contributed by atoms with Crippen LogP contribution in [0.3, 0.4) is 0 Å². The first-order chi connectivity index (χ1) is 14.4. The van der Waals surface area contributed by atoms with E-state index < -0.39 is 9.84 Å². The predicted octanol–water partition coefficient (Wildman–Crippen LogP) is 1.76. The minimum absolute atomic E-state index is 0.00512. The molecule has 2 aromatic carbocycles. The quantitative estimate of drug-likeness (QED) is 0.695. The molecule has 4 rings (SSSR count). The van der Waals surface area contributed by atoms with Crippen molar-refractivity contribution >= 4 is 21.4 Å². The maximum Gasteiger partial charge on any atom is 0.241 e. The van der Waals surface area contributed by atoms with Gasteiger partial charge in [-0.2, -0.15) is 0 Å². The minimum atomic E-state index is -3.20. The Morgan fingerprint density at radius 2 is 1.67 bits per heavy atom. The number of anilines is 1. The van der Waals surface area contributed by atoms with E-state index in [2.05, 4.69) is 0 Å². The SMILES string of the molecule is COc1ccc(CCN2CC(=O)N(c3ccccc3)[C@@H]3CS(=O)(=O)C[C@@H]32)cc1OC. The molecule has 0 radical (unpaired) electrons. The van der Waals surface area contributed by atoms with Gasteiger partial charge in [0.25, 0.3) is 0 Å². The van der Waals surface area contributed by atoms with Crippen molar-refractivity contribution in [1.29, 1.82) is 0 Å². The van der Waals surface area contributed by atoms with Crippen molar-refractivity contribution in [2.45, 2.75) is 18.5 Å². The molecule has 2 saturated heterocycles. The predicted molar refractivity (Wildman–Crippen MR) is 115 cm³/mol. The van der Waals surface area contributed by atoms with Gasteiger partial charge in [0.2, 0.25) is 5.91 Å². The Balaban J connectivity index is 1.55. The summed E-state index contributed by atoms with van der Waals surface area (Å²) >= 11 is 0. The van der Waals surface area contributed by atoms with Crippen molar-refractivity contribution in [2.75, 3.05) is 43.7 Å². The summed E-state index contributed by atoms with van der Waals surface area (Å²) in [5, 5.41) is 0. The summed E-state index contributed by atoms with van der Waals surface area (Å²) in [6.07, 6.45) is 0.683. The fourth-order valence-corrected chi connectivity index (χ4v) is 6.42. The first kappa shape index (κ1) is 20.7. The van der Waals surface area contributed by atoms with E-state index in [9.17, 15) is 13.2 Å². The van der Waals surface area contributed by atoms with E-state index in [-0.39, 0.29) is 36.0 Å². The number of carbonyl (C=O) groups is 1. The van der Waals surface area contributed by atoms with Crippen molar-refractivity contribution < 1.29 is 22.7 Å². The molecule has 2 fully saturated rings. The summed E-state index contributed by atoms with van der Waals surface area (Å²) in [5.74, 6) is 1.34. The molecule has 0 aliphatic carbocycles. The average molecular weight is 431 g/mol. The summed E-state index contributed by atoms with van der Waals surface area (Å²) in [5.41, 5.74) is 1.80. The second-order valence-electron chi connectivity index (χ2n) is 7.72. The van der Waals surface area contributed by atoms with E-state index in [1.54, 1.807) is 19.1 Å². The van der Waals surface area contributed by atoms with Crippen LogP contribution in [0, 0.1) is 0 Å². The normalized spacial score (nSPS) is 23.3. The van der Waals surface area contributed by atoms with Gasteiger partial charge in [-0.3, -0.25) is 9.69 Å². The average Bonchev–Trinajstić information content (AvgIpc) is 3.07. The van der Waals surface area contributed by atoms with Crippen LogP contribution in [0.1, 0.15) is 5.56 Å². The van der Waals surface area contributed by atoms with Crippen molar-refractivity contribution in [3.63, 3.8) is 0 Å². The van der Waals surface area contributed by atoms with E-state index >= 15 is 0 Å². The number of piperazine rings is 1. The lowest BCUT2D eigenvalue weighted by atomic mass is 10.0. The van der Waals surface area contributed by atoms with Gasteiger partial charge in [-0.1, -0.05) is 24.3 Å². The highest BCUT2D eigenvalue weighted by molar-refractivity contribution is 7.91. The fourth-order valence-electron chi connectivity index (χ4n) is 4.44. The molecule has 30 heavy (non-hydrogen) atoms. The Bertz CT molecular complexity index is 1030. The summed E-state index contributed by atoms with van der Waals surface area (Å²) in [4.78, 5) is 16.7. The monoisotopic (exact) mass is 430 g/mol. The lowest BCUT2D eigenvalue weighted by Gasteiger charge is -2.43. The van der Waals surface area contributed by atoms with E-state index in [0.717, 1.165) is 11.3 Å². The molecule has 0 spiro atoms. The maximum atomic E-state index is 13.0.